The summed E-state index contributed by atoms with van der Waals surface area (Å²) in [5.74, 6) is 1.21. The van der Waals surface area contributed by atoms with Gasteiger partial charge >= 0.3 is 0 Å². The monoisotopic (exact) mass is 299 g/mol. The van der Waals surface area contributed by atoms with Crippen LogP contribution in [0.2, 0.25) is 0 Å². The molecule has 0 radical (unpaired) electrons. The average Bonchev–Trinajstić information content (AvgIpc) is 2.44. The Kier molecular flexibility index (Phi) is 6.49. The fourth-order valence-corrected chi connectivity index (χ4v) is 2.72. The van der Waals surface area contributed by atoms with Crippen LogP contribution in [0.3, 0.4) is 0 Å². The molecule has 1 rings (SSSR count). The molecule has 20 heavy (non-hydrogen) atoms. The number of ether oxygens (including phenoxy) is 1. The van der Waals surface area contributed by atoms with Gasteiger partial charge in [-0.15, -0.1) is 0 Å². The molecule has 5 heteroatoms. The van der Waals surface area contributed by atoms with Gasteiger partial charge in [0, 0.05) is 11.8 Å². The lowest BCUT2D eigenvalue weighted by atomic mass is 10.1. The maximum absolute atomic E-state index is 11.4. The number of nitrogens with one attached hydrogen (secondary N) is 1. The van der Waals surface area contributed by atoms with Crippen LogP contribution in [0.1, 0.15) is 37.4 Å². The first kappa shape index (κ1) is 17.0. The van der Waals surface area contributed by atoms with E-state index in [2.05, 4.69) is 18.3 Å². The van der Waals surface area contributed by atoms with Gasteiger partial charge in [0.15, 0.2) is 0 Å². The highest BCUT2D eigenvalue weighted by molar-refractivity contribution is 7.91. The third-order valence-corrected chi connectivity index (χ3v) is 5.22. The SMILES string of the molecule is CCS(=O)(=O)CCCOc1ccc(C(C)NC)cc1C. The van der Waals surface area contributed by atoms with E-state index in [1.54, 1.807) is 6.92 Å². The Balaban J connectivity index is 2.53. The second-order valence-electron chi connectivity index (χ2n) is 4.97. The molecule has 0 aromatic heterocycles. The van der Waals surface area contributed by atoms with Gasteiger partial charge in [0.05, 0.1) is 12.4 Å². The number of aryl methyl sites for hydroxylation is 1. The van der Waals surface area contributed by atoms with Gasteiger partial charge in [-0.2, -0.15) is 0 Å². The van der Waals surface area contributed by atoms with Crippen molar-refractivity contribution in [2.24, 2.45) is 0 Å². The molecule has 0 aliphatic rings. The van der Waals surface area contributed by atoms with Gasteiger partial charge in [0.2, 0.25) is 0 Å². The van der Waals surface area contributed by atoms with Crippen LogP contribution in [0.5, 0.6) is 5.75 Å². The van der Waals surface area contributed by atoms with E-state index in [9.17, 15) is 8.42 Å². The maximum atomic E-state index is 11.4. The number of hydrogen-bond donors (Lipinski definition) is 1. The Morgan fingerprint density at radius 1 is 1.35 bits per heavy atom. The molecular weight excluding hydrogens is 274 g/mol. The molecule has 0 spiro atoms. The number of hydrogen-bond acceptors (Lipinski definition) is 4. The average molecular weight is 299 g/mol. The Morgan fingerprint density at radius 3 is 2.60 bits per heavy atom. The number of sulfone groups is 1. The summed E-state index contributed by atoms with van der Waals surface area (Å²) in [6, 6.07) is 6.38. The van der Waals surface area contributed by atoms with E-state index in [4.69, 9.17) is 4.74 Å². The molecule has 4 nitrogen and oxygen atoms in total. The molecule has 1 aromatic carbocycles. The Hall–Kier alpha value is -1.07. The van der Waals surface area contributed by atoms with Crippen LogP contribution in [-0.2, 0) is 9.84 Å². The van der Waals surface area contributed by atoms with Crippen LogP contribution >= 0.6 is 0 Å². The molecule has 1 unspecified atom stereocenters. The molecule has 0 aliphatic carbocycles. The molecular formula is C15H25NO3S. The first-order chi connectivity index (χ1) is 9.39. The number of benzene rings is 1. The highest BCUT2D eigenvalue weighted by Gasteiger charge is 2.08. The van der Waals surface area contributed by atoms with Gasteiger partial charge in [0.25, 0.3) is 0 Å². The van der Waals surface area contributed by atoms with Crippen molar-refractivity contribution >= 4 is 9.84 Å². The summed E-state index contributed by atoms with van der Waals surface area (Å²) in [5.41, 5.74) is 2.29. The van der Waals surface area contributed by atoms with Gasteiger partial charge in [-0.05, 0) is 44.5 Å². The summed E-state index contributed by atoms with van der Waals surface area (Å²) >= 11 is 0. The maximum Gasteiger partial charge on any atom is 0.150 e. The van der Waals surface area contributed by atoms with Crippen LogP contribution in [0.4, 0.5) is 0 Å². The Morgan fingerprint density at radius 2 is 2.05 bits per heavy atom. The molecule has 1 aromatic rings. The molecule has 0 saturated heterocycles. The van der Waals surface area contributed by atoms with E-state index in [-0.39, 0.29) is 11.5 Å². The molecule has 1 N–H and O–H groups in total. The minimum Gasteiger partial charge on any atom is -0.493 e. The van der Waals surface area contributed by atoms with E-state index in [0.29, 0.717) is 19.1 Å². The second kappa shape index (κ2) is 7.64. The zero-order chi connectivity index (χ0) is 15.2. The predicted molar refractivity (Wildman–Crippen MR) is 83.1 cm³/mol. The van der Waals surface area contributed by atoms with Crippen LogP contribution in [0.15, 0.2) is 18.2 Å². The standard InChI is InChI=1S/C15H25NO3S/c1-5-20(17,18)10-6-9-19-15-8-7-14(11-12(15)2)13(3)16-4/h7-8,11,13,16H,5-6,9-10H2,1-4H3. The highest BCUT2D eigenvalue weighted by Crippen LogP contribution is 2.22. The summed E-state index contributed by atoms with van der Waals surface area (Å²) in [7, 11) is -0.965. The zero-order valence-electron chi connectivity index (χ0n) is 12.8. The van der Waals surface area contributed by atoms with E-state index in [0.717, 1.165) is 11.3 Å². The summed E-state index contributed by atoms with van der Waals surface area (Å²) < 4.78 is 28.4. The zero-order valence-corrected chi connectivity index (χ0v) is 13.6. The molecule has 0 heterocycles. The molecule has 0 fully saturated rings. The highest BCUT2D eigenvalue weighted by atomic mass is 32.2. The van der Waals surface area contributed by atoms with Crippen molar-refractivity contribution in [2.75, 3.05) is 25.2 Å². The summed E-state index contributed by atoms with van der Waals surface area (Å²) in [6.45, 7) is 6.21. The van der Waals surface area contributed by atoms with Gasteiger partial charge in [-0.25, -0.2) is 8.42 Å². The van der Waals surface area contributed by atoms with Crippen molar-refractivity contribution in [1.29, 1.82) is 0 Å². The normalized spacial score (nSPS) is 13.2. The fraction of sp³-hybridized carbons (Fsp3) is 0.600. The third kappa shape index (κ3) is 5.13. The lowest BCUT2D eigenvalue weighted by Gasteiger charge is -2.14. The lowest BCUT2D eigenvalue weighted by molar-refractivity contribution is 0.315. The minimum absolute atomic E-state index is 0.192. The van der Waals surface area contributed by atoms with Crippen molar-refractivity contribution in [3.8, 4) is 5.75 Å². The predicted octanol–water partition coefficient (Wildman–Crippen LogP) is 2.48. The second-order valence-corrected chi connectivity index (χ2v) is 7.45. The van der Waals surface area contributed by atoms with E-state index < -0.39 is 9.84 Å². The van der Waals surface area contributed by atoms with Crippen molar-refractivity contribution in [3.05, 3.63) is 29.3 Å². The molecule has 114 valence electrons. The van der Waals surface area contributed by atoms with Crippen LogP contribution < -0.4 is 10.1 Å². The van der Waals surface area contributed by atoms with Crippen LogP contribution in [0.25, 0.3) is 0 Å². The largest absolute Gasteiger partial charge is 0.493 e. The Labute approximate surface area is 122 Å². The molecule has 1 atom stereocenters. The minimum atomic E-state index is -2.89. The fourth-order valence-electron chi connectivity index (χ4n) is 1.88. The molecule has 0 saturated carbocycles. The molecule has 0 bridgehead atoms. The first-order valence-electron chi connectivity index (χ1n) is 7.00. The van der Waals surface area contributed by atoms with Crippen molar-refractivity contribution in [3.63, 3.8) is 0 Å². The quantitative estimate of drug-likeness (QED) is 0.749. The van der Waals surface area contributed by atoms with E-state index >= 15 is 0 Å². The first-order valence-corrected chi connectivity index (χ1v) is 8.82. The van der Waals surface area contributed by atoms with Crippen LogP contribution in [0, 0.1) is 6.92 Å². The van der Waals surface area contributed by atoms with Gasteiger partial charge in [-0.1, -0.05) is 19.1 Å². The molecule has 0 aliphatic heterocycles. The lowest BCUT2D eigenvalue weighted by Crippen LogP contribution is -2.13. The van der Waals surface area contributed by atoms with Crippen molar-refractivity contribution < 1.29 is 13.2 Å². The van der Waals surface area contributed by atoms with Crippen LogP contribution in [-0.4, -0.2) is 33.6 Å². The third-order valence-electron chi connectivity index (χ3n) is 3.43. The van der Waals surface area contributed by atoms with Gasteiger partial charge < -0.3 is 10.1 Å². The summed E-state index contributed by atoms with van der Waals surface area (Å²) in [5, 5.41) is 3.20. The van der Waals surface area contributed by atoms with Crippen molar-refractivity contribution in [1.82, 2.24) is 5.32 Å². The smallest absolute Gasteiger partial charge is 0.150 e. The van der Waals surface area contributed by atoms with Crippen molar-refractivity contribution in [2.45, 2.75) is 33.2 Å². The van der Waals surface area contributed by atoms with E-state index in [1.165, 1.54) is 5.56 Å². The Bertz CT molecular complexity index is 526. The molecule has 0 amide bonds. The van der Waals surface area contributed by atoms with Gasteiger partial charge in [-0.3, -0.25) is 0 Å². The summed E-state index contributed by atoms with van der Waals surface area (Å²) in [6.07, 6.45) is 0.532. The topological polar surface area (TPSA) is 55.4 Å². The summed E-state index contributed by atoms with van der Waals surface area (Å²) in [4.78, 5) is 0. The van der Waals surface area contributed by atoms with E-state index in [1.807, 2.05) is 26.1 Å². The van der Waals surface area contributed by atoms with Gasteiger partial charge in [0.1, 0.15) is 15.6 Å². The number of rotatable bonds is 8.